The molecule has 2 aromatic carbocycles. The van der Waals surface area contributed by atoms with Gasteiger partial charge < -0.3 is 4.74 Å². The lowest BCUT2D eigenvalue weighted by Gasteiger charge is -2.12. The fraction of sp³-hybridized carbons (Fsp3) is 0.0588. The minimum Gasteiger partial charge on any atom is -0.488 e. The normalized spacial score (nSPS) is 10.7. The molecule has 0 aliphatic heterocycles. The lowest BCUT2D eigenvalue weighted by atomic mass is 10.1. The van der Waals surface area contributed by atoms with Crippen molar-refractivity contribution in [2.24, 2.45) is 0 Å². The van der Waals surface area contributed by atoms with Crippen molar-refractivity contribution in [2.75, 3.05) is 0 Å². The Hall–Kier alpha value is -1.81. The number of aromatic nitrogens is 1. The van der Waals surface area contributed by atoms with Gasteiger partial charge in [-0.25, -0.2) is 4.98 Å². The van der Waals surface area contributed by atoms with Crippen molar-refractivity contribution in [1.29, 1.82) is 0 Å². The van der Waals surface area contributed by atoms with Gasteiger partial charge in [-0.2, -0.15) is 0 Å². The number of carbonyl (C=O) groups is 1. The van der Waals surface area contributed by atoms with Crippen LogP contribution in [0.15, 0.2) is 48.5 Å². The highest BCUT2D eigenvalue weighted by Crippen LogP contribution is 2.35. The van der Waals surface area contributed by atoms with Gasteiger partial charge in [-0.15, -0.1) is 0 Å². The van der Waals surface area contributed by atoms with Crippen LogP contribution in [0.25, 0.3) is 10.9 Å². The standard InChI is InChI=1S/C17H10Cl3NO2/c18-11-6-12(19)16-13(7-11)21-14(17(20)22)8-15(16)23-9-10-4-2-1-3-5-10/h1-8H,9H2. The van der Waals surface area contributed by atoms with E-state index in [9.17, 15) is 4.79 Å². The maximum Gasteiger partial charge on any atom is 0.270 e. The number of halogens is 3. The largest absolute Gasteiger partial charge is 0.488 e. The molecule has 1 aromatic heterocycles. The number of fused-ring (bicyclic) bond motifs is 1. The molecule has 0 unspecified atom stereocenters. The van der Waals surface area contributed by atoms with Crippen molar-refractivity contribution in [1.82, 2.24) is 4.98 Å². The Morgan fingerprint density at radius 3 is 2.52 bits per heavy atom. The second-order valence-corrected chi connectivity index (χ2v) is 6.02. The summed E-state index contributed by atoms with van der Waals surface area (Å²) in [5, 5.41) is 0.737. The fourth-order valence-electron chi connectivity index (χ4n) is 2.20. The number of benzene rings is 2. The van der Waals surface area contributed by atoms with Gasteiger partial charge in [0.2, 0.25) is 0 Å². The zero-order chi connectivity index (χ0) is 16.4. The van der Waals surface area contributed by atoms with Crippen molar-refractivity contribution >= 4 is 50.9 Å². The lowest BCUT2D eigenvalue weighted by Crippen LogP contribution is -2.01. The topological polar surface area (TPSA) is 39.2 Å². The highest BCUT2D eigenvalue weighted by atomic mass is 35.5. The summed E-state index contributed by atoms with van der Waals surface area (Å²) in [7, 11) is 0. The van der Waals surface area contributed by atoms with Gasteiger partial charge in [0.25, 0.3) is 5.24 Å². The Morgan fingerprint density at radius 2 is 1.83 bits per heavy atom. The molecule has 0 aliphatic carbocycles. The van der Waals surface area contributed by atoms with Gasteiger partial charge in [-0.05, 0) is 29.3 Å². The molecule has 0 N–H and O–H groups in total. The van der Waals surface area contributed by atoms with Crippen LogP contribution < -0.4 is 4.74 Å². The predicted molar refractivity (Wildman–Crippen MR) is 92.7 cm³/mol. The summed E-state index contributed by atoms with van der Waals surface area (Å²) < 4.78 is 5.84. The molecule has 3 rings (SSSR count). The van der Waals surface area contributed by atoms with E-state index in [2.05, 4.69) is 4.98 Å². The first kappa shape index (κ1) is 16.1. The third-order valence-corrected chi connectivity index (χ3v) is 3.94. The molecular weight excluding hydrogens is 357 g/mol. The number of hydrogen-bond donors (Lipinski definition) is 0. The molecule has 23 heavy (non-hydrogen) atoms. The number of hydrogen-bond acceptors (Lipinski definition) is 3. The summed E-state index contributed by atoms with van der Waals surface area (Å²) in [6.45, 7) is 0.328. The second kappa shape index (κ2) is 6.75. The number of pyridine rings is 1. The molecule has 3 aromatic rings. The van der Waals surface area contributed by atoms with Crippen molar-refractivity contribution < 1.29 is 9.53 Å². The minimum atomic E-state index is -0.674. The van der Waals surface area contributed by atoms with E-state index in [1.54, 1.807) is 12.1 Å². The van der Waals surface area contributed by atoms with E-state index >= 15 is 0 Å². The number of rotatable bonds is 4. The Bertz CT molecular complexity index is 882. The molecule has 6 heteroatoms. The summed E-state index contributed by atoms with van der Waals surface area (Å²) in [6, 6.07) is 14.3. The summed E-state index contributed by atoms with van der Waals surface area (Å²) in [5.74, 6) is 0.435. The highest BCUT2D eigenvalue weighted by Gasteiger charge is 2.15. The van der Waals surface area contributed by atoms with Gasteiger partial charge in [0.15, 0.2) is 0 Å². The second-order valence-electron chi connectivity index (χ2n) is 4.84. The minimum absolute atomic E-state index is 0.0839. The lowest BCUT2D eigenvalue weighted by molar-refractivity contribution is 0.107. The third-order valence-electron chi connectivity index (χ3n) is 3.23. The number of carbonyl (C=O) groups excluding carboxylic acids is 1. The van der Waals surface area contributed by atoms with Gasteiger partial charge in [0.1, 0.15) is 18.1 Å². The van der Waals surface area contributed by atoms with E-state index in [4.69, 9.17) is 39.5 Å². The van der Waals surface area contributed by atoms with Crippen LogP contribution in [0.3, 0.4) is 0 Å². The van der Waals surface area contributed by atoms with Gasteiger partial charge in [-0.1, -0.05) is 53.5 Å². The Morgan fingerprint density at radius 1 is 1.09 bits per heavy atom. The van der Waals surface area contributed by atoms with Crippen LogP contribution in [0.1, 0.15) is 16.1 Å². The molecule has 0 radical (unpaired) electrons. The maximum atomic E-state index is 11.5. The molecule has 0 saturated carbocycles. The molecule has 0 amide bonds. The first-order valence-electron chi connectivity index (χ1n) is 6.71. The highest BCUT2D eigenvalue weighted by molar-refractivity contribution is 6.67. The zero-order valence-corrected chi connectivity index (χ0v) is 14.0. The van der Waals surface area contributed by atoms with E-state index in [0.717, 1.165) is 5.56 Å². The molecule has 0 saturated heterocycles. The van der Waals surface area contributed by atoms with Crippen LogP contribution in [0.2, 0.25) is 10.0 Å². The van der Waals surface area contributed by atoms with E-state index in [1.165, 1.54) is 6.07 Å². The average Bonchev–Trinajstić information content (AvgIpc) is 2.52. The van der Waals surface area contributed by atoms with Gasteiger partial charge in [0, 0.05) is 11.1 Å². The van der Waals surface area contributed by atoms with Gasteiger partial charge in [-0.3, -0.25) is 4.79 Å². The van der Waals surface area contributed by atoms with E-state index in [0.29, 0.717) is 33.3 Å². The number of ether oxygens (including phenoxy) is 1. The first-order chi connectivity index (χ1) is 11.0. The third kappa shape index (κ3) is 3.58. The molecule has 0 spiro atoms. The van der Waals surface area contributed by atoms with Crippen LogP contribution in [-0.2, 0) is 6.61 Å². The van der Waals surface area contributed by atoms with Crippen molar-refractivity contribution in [3.63, 3.8) is 0 Å². The smallest absolute Gasteiger partial charge is 0.270 e. The van der Waals surface area contributed by atoms with Crippen LogP contribution in [0.5, 0.6) is 5.75 Å². The summed E-state index contributed by atoms with van der Waals surface area (Å²) in [4.78, 5) is 15.6. The van der Waals surface area contributed by atoms with Crippen LogP contribution in [0.4, 0.5) is 0 Å². The van der Waals surface area contributed by atoms with Gasteiger partial charge in [0.05, 0.1) is 15.9 Å². The molecule has 0 fully saturated rings. The van der Waals surface area contributed by atoms with Crippen LogP contribution in [-0.4, -0.2) is 10.2 Å². The summed E-state index contributed by atoms with van der Waals surface area (Å²) >= 11 is 17.8. The monoisotopic (exact) mass is 365 g/mol. The molecule has 0 aliphatic rings. The average molecular weight is 367 g/mol. The van der Waals surface area contributed by atoms with E-state index in [1.807, 2.05) is 30.3 Å². The molecule has 0 bridgehead atoms. The molecule has 1 heterocycles. The van der Waals surface area contributed by atoms with Gasteiger partial charge >= 0.3 is 0 Å². The Kier molecular flexibility index (Phi) is 4.71. The first-order valence-corrected chi connectivity index (χ1v) is 7.84. The quantitative estimate of drug-likeness (QED) is 0.572. The van der Waals surface area contributed by atoms with Crippen LogP contribution in [0, 0.1) is 0 Å². The Labute approximate surface area is 147 Å². The predicted octanol–water partition coefficient (Wildman–Crippen LogP) is 5.50. The SMILES string of the molecule is O=C(Cl)c1cc(OCc2ccccc2)c2c(Cl)cc(Cl)cc2n1. The summed E-state index contributed by atoms with van der Waals surface area (Å²) in [6.07, 6.45) is 0. The van der Waals surface area contributed by atoms with E-state index in [-0.39, 0.29) is 5.69 Å². The Balaban J connectivity index is 2.08. The van der Waals surface area contributed by atoms with Crippen LogP contribution >= 0.6 is 34.8 Å². The molecular formula is C17H10Cl3NO2. The van der Waals surface area contributed by atoms with Crippen molar-refractivity contribution in [3.8, 4) is 5.75 Å². The van der Waals surface area contributed by atoms with E-state index < -0.39 is 5.24 Å². The molecule has 116 valence electrons. The van der Waals surface area contributed by atoms with Crippen molar-refractivity contribution in [3.05, 3.63) is 69.8 Å². The summed E-state index contributed by atoms with van der Waals surface area (Å²) in [5.41, 5.74) is 1.53. The van der Waals surface area contributed by atoms with Crippen molar-refractivity contribution in [2.45, 2.75) is 6.61 Å². The number of nitrogens with zero attached hydrogens (tertiary/aromatic N) is 1. The molecule has 0 atom stereocenters. The zero-order valence-electron chi connectivity index (χ0n) is 11.7. The molecule has 3 nitrogen and oxygen atoms in total. The fourth-order valence-corrected chi connectivity index (χ4v) is 2.87. The maximum absolute atomic E-state index is 11.5.